The molecule has 2 nitrogen and oxygen atoms in total. The number of thiophene rings is 1. The first-order chi connectivity index (χ1) is 10.3. The molecule has 0 radical (unpaired) electrons. The van der Waals surface area contributed by atoms with Crippen LogP contribution in [-0.4, -0.2) is 31.1 Å². The van der Waals surface area contributed by atoms with Crippen LogP contribution in [0.2, 0.25) is 0 Å². The zero-order valence-electron chi connectivity index (χ0n) is 12.7. The minimum Gasteiger partial charge on any atom is -0.310 e. The summed E-state index contributed by atoms with van der Waals surface area (Å²) in [7, 11) is 2.25. The molecule has 0 spiro atoms. The number of nitrogens with one attached hydrogen (secondary N) is 1. The van der Waals surface area contributed by atoms with Crippen molar-refractivity contribution in [2.45, 2.75) is 31.8 Å². The van der Waals surface area contributed by atoms with E-state index in [0.717, 1.165) is 13.1 Å². The van der Waals surface area contributed by atoms with E-state index >= 15 is 0 Å². The van der Waals surface area contributed by atoms with Crippen LogP contribution < -0.4 is 5.32 Å². The maximum atomic E-state index is 3.64. The molecule has 1 aromatic carbocycles. The van der Waals surface area contributed by atoms with Crippen LogP contribution in [0, 0.1) is 0 Å². The summed E-state index contributed by atoms with van der Waals surface area (Å²) in [6, 6.07) is 15.8. The number of hydrogen-bond acceptors (Lipinski definition) is 3. The molecule has 1 aliphatic rings. The van der Waals surface area contributed by atoms with Gasteiger partial charge in [-0.25, -0.2) is 0 Å². The standard InChI is InChI=1S/C18H24N2S/c1-20-12-6-5-9-16(20)13-19-14-17-10-11-18(21-17)15-7-3-2-4-8-15/h2-4,7-8,10-11,16,19H,5-6,9,12-14H2,1H3. The molecule has 1 atom stereocenters. The van der Waals surface area contributed by atoms with E-state index < -0.39 is 0 Å². The first-order valence-electron chi connectivity index (χ1n) is 7.88. The van der Waals surface area contributed by atoms with Crippen molar-refractivity contribution in [3.05, 3.63) is 47.3 Å². The third-order valence-electron chi connectivity index (χ3n) is 4.32. The molecule has 1 unspecified atom stereocenters. The summed E-state index contributed by atoms with van der Waals surface area (Å²) >= 11 is 1.90. The van der Waals surface area contributed by atoms with E-state index in [-0.39, 0.29) is 0 Å². The van der Waals surface area contributed by atoms with E-state index in [0.29, 0.717) is 6.04 Å². The lowest BCUT2D eigenvalue weighted by molar-refractivity contribution is 0.181. The van der Waals surface area contributed by atoms with Crippen molar-refractivity contribution in [1.29, 1.82) is 0 Å². The Kier molecular flexibility index (Phi) is 5.07. The van der Waals surface area contributed by atoms with Crippen LogP contribution in [0.5, 0.6) is 0 Å². The number of likely N-dealkylation sites (tertiary alicyclic amines) is 1. The molecule has 1 fully saturated rings. The Bertz CT molecular complexity index is 549. The summed E-state index contributed by atoms with van der Waals surface area (Å²) in [5.74, 6) is 0. The summed E-state index contributed by atoms with van der Waals surface area (Å²) in [6.07, 6.45) is 4.08. The van der Waals surface area contributed by atoms with Crippen LogP contribution in [0.1, 0.15) is 24.1 Å². The SMILES string of the molecule is CN1CCCCC1CNCc1ccc(-c2ccccc2)s1. The number of nitrogens with zero attached hydrogens (tertiary/aromatic N) is 1. The Morgan fingerprint density at radius 3 is 2.81 bits per heavy atom. The van der Waals surface area contributed by atoms with Crippen LogP contribution in [-0.2, 0) is 6.54 Å². The number of benzene rings is 1. The van der Waals surface area contributed by atoms with Gasteiger partial charge in [0.1, 0.15) is 0 Å². The van der Waals surface area contributed by atoms with E-state index in [2.05, 4.69) is 59.7 Å². The average molecular weight is 300 g/mol. The highest BCUT2D eigenvalue weighted by Gasteiger charge is 2.17. The van der Waals surface area contributed by atoms with Gasteiger partial charge >= 0.3 is 0 Å². The quantitative estimate of drug-likeness (QED) is 0.898. The van der Waals surface area contributed by atoms with Crippen LogP contribution >= 0.6 is 11.3 Å². The molecule has 1 aromatic heterocycles. The predicted octanol–water partition coefficient (Wildman–Crippen LogP) is 3.99. The highest BCUT2D eigenvalue weighted by Crippen LogP contribution is 2.27. The second-order valence-corrected chi connectivity index (χ2v) is 7.06. The molecule has 1 saturated heterocycles. The first-order valence-corrected chi connectivity index (χ1v) is 8.69. The lowest BCUT2D eigenvalue weighted by Crippen LogP contribution is -2.42. The molecule has 21 heavy (non-hydrogen) atoms. The molecular weight excluding hydrogens is 276 g/mol. The van der Waals surface area contributed by atoms with Gasteiger partial charge in [0.2, 0.25) is 0 Å². The Hall–Kier alpha value is -1.16. The summed E-state index contributed by atoms with van der Waals surface area (Å²) < 4.78 is 0. The summed E-state index contributed by atoms with van der Waals surface area (Å²) in [6.45, 7) is 3.35. The third kappa shape index (κ3) is 3.94. The fourth-order valence-electron chi connectivity index (χ4n) is 2.99. The zero-order chi connectivity index (χ0) is 14.5. The lowest BCUT2D eigenvalue weighted by Gasteiger charge is -2.32. The smallest absolute Gasteiger partial charge is 0.0346 e. The molecular formula is C18H24N2S. The predicted molar refractivity (Wildman–Crippen MR) is 91.7 cm³/mol. The van der Waals surface area contributed by atoms with Crippen molar-refractivity contribution in [1.82, 2.24) is 10.2 Å². The van der Waals surface area contributed by atoms with E-state index in [1.807, 2.05) is 11.3 Å². The molecule has 3 rings (SSSR count). The Labute approximate surface area is 131 Å². The summed E-state index contributed by atoms with van der Waals surface area (Å²) in [4.78, 5) is 5.29. The van der Waals surface area contributed by atoms with Gasteiger partial charge in [0.25, 0.3) is 0 Å². The van der Waals surface area contributed by atoms with Crippen molar-refractivity contribution < 1.29 is 0 Å². The maximum absolute atomic E-state index is 3.64. The first kappa shape index (κ1) is 14.8. The van der Waals surface area contributed by atoms with Gasteiger partial charge in [-0.3, -0.25) is 0 Å². The monoisotopic (exact) mass is 300 g/mol. The summed E-state index contributed by atoms with van der Waals surface area (Å²) in [5.41, 5.74) is 1.32. The molecule has 112 valence electrons. The van der Waals surface area contributed by atoms with Crippen molar-refractivity contribution >= 4 is 11.3 Å². The van der Waals surface area contributed by atoms with Gasteiger partial charge in [-0.1, -0.05) is 36.8 Å². The third-order valence-corrected chi connectivity index (χ3v) is 5.45. The van der Waals surface area contributed by atoms with Gasteiger partial charge in [-0.15, -0.1) is 11.3 Å². The van der Waals surface area contributed by atoms with Gasteiger partial charge in [0.15, 0.2) is 0 Å². The molecule has 2 heterocycles. The molecule has 3 heteroatoms. The van der Waals surface area contributed by atoms with Gasteiger partial charge in [0, 0.05) is 28.9 Å². The lowest BCUT2D eigenvalue weighted by atomic mass is 10.0. The number of rotatable bonds is 5. The van der Waals surface area contributed by atoms with E-state index in [9.17, 15) is 0 Å². The largest absolute Gasteiger partial charge is 0.310 e. The number of likely N-dealkylation sites (N-methyl/N-ethyl adjacent to an activating group) is 1. The van der Waals surface area contributed by atoms with Crippen LogP contribution in [0.25, 0.3) is 10.4 Å². The number of piperidine rings is 1. The highest BCUT2D eigenvalue weighted by molar-refractivity contribution is 7.15. The minimum atomic E-state index is 0.715. The zero-order valence-corrected chi connectivity index (χ0v) is 13.5. The molecule has 0 amide bonds. The Morgan fingerprint density at radius 1 is 1.14 bits per heavy atom. The van der Waals surface area contributed by atoms with E-state index in [1.54, 1.807) is 0 Å². The van der Waals surface area contributed by atoms with Crippen molar-refractivity contribution in [2.24, 2.45) is 0 Å². The molecule has 0 saturated carbocycles. The fraction of sp³-hybridized carbons (Fsp3) is 0.444. The summed E-state index contributed by atoms with van der Waals surface area (Å²) in [5, 5.41) is 3.64. The second kappa shape index (κ2) is 7.21. The molecule has 1 aliphatic heterocycles. The van der Waals surface area contributed by atoms with Gasteiger partial charge < -0.3 is 10.2 Å². The molecule has 1 N–H and O–H groups in total. The van der Waals surface area contributed by atoms with E-state index in [4.69, 9.17) is 0 Å². The normalized spacial score (nSPS) is 19.8. The Morgan fingerprint density at radius 2 is 2.00 bits per heavy atom. The molecule has 2 aromatic rings. The molecule has 0 aliphatic carbocycles. The van der Waals surface area contributed by atoms with Crippen LogP contribution in [0.4, 0.5) is 0 Å². The van der Waals surface area contributed by atoms with Crippen LogP contribution in [0.3, 0.4) is 0 Å². The highest BCUT2D eigenvalue weighted by atomic mass is 32.1. The Balaban J connectivity index is 1.51. The van der Waals surface area contributed by atoms with Crippen molar-refractivity contribution in [2.75, 3.05) is 20.1 Å². The van der Waals surface area contributed by atoms with Gasteiger partial charge in [-0.05, 0) is 44.1 Å². The maximum Gasteiger partial charge on any atom is 0.0346 e. The van der Waals surface area contributed by atoms with E-state index in [1.165, 1.54) is 41.1 Å². The van der Waals surface area contributed by atoms with Crippen molar-refractivity contribution in [3.8, 4) is 10.4 Å². The van der Waals surface area contributed by atoms with Gasteiger partial charge in [-0.2, -0.15) is 0 Å². The fourth-order valence-corrected chi connectivity index (χ4v) is 3.98. The van der Waals surface area contributed by atoms with Crippen molar-refractivity contribution in [3.63, 3.8) is 0 Å². The minimum absolute atomic E-state index is 0.715. The molecule has 0 bridgehead atoms. The number of hydrogen-bond donors (Lipinski definition) is 1. The van der Waals surface area contributed by atoms with Gasteiger partial charge in [0.05, 0.1) is 0 Å². The second-order valence-electron chi connectivity index (χ2n) is 5.89. The van der Waals surface area contributed by atoms with Crippen LogP contribution in [0.15, 0.2) is 42.5 Å². The average Bonchev–Trinajstić information content (AvgIpc) is 2.99. The topological polar surface area (TPSA) is 15.3 Å².